The number of carboxylic acid groups (broad SMARTS) is 2. The fourth-order valence-electron chi connectivity index (χ4n) is 4.63. The summed E-state index contributed by atoms with van der Waals surface area (Å²) in [5, 5.41) is 28.5. The predicted molar refractivity (Wildman–Crippen MR) is 148 cm³/mol. The van der Waals surface area contributed by atoms with Crippen LogP contribution in [0.2, 0.25) is 10.2 Å². The lowest BCUT2D eigenvalue weighted by molar-refractivity contribution is -0.192. The molecule has 0 amide bonds. The second-order valence-electron chi connectivity index (χ2n) is 9.24. The molecule has 5 heterocycles. The fraction of sp³-hybridized carbons (Fsp3) is 0.154. The average molecular weight is 649 g/mol. The third-order valence-corrected chi connectivity index (χ3v) is 7.00. The van der Waals surface area contributed by atoms with Gasteiger partial charge in [0, 0.05) is 34.1 Å². The van der Waals surface area contributed by atoms with Crippen LogP contribution in [0.5, 0.6) is 0 Å². The van der Waals surface area contributed by atoms with Gasteiger partial charge in [0.15, 0.2) is 0 Å². The molecular weight excluding hydrogens is 632 g/mol. The minimum absolute atomic E-state index is 0.116. The van der Waals surface area contributed by atoms with E-state index in [0.717, 1.165) is 11.3 Å². The summed E-state index contributed by atoms with van der Waals surface area (Å²) < 4.78 is 34.9. The van der Waals surface area contributed by atoms with Crippen LogP contribution in [-0.4, -0.2) is 68.1 Å². The molecule has 0 radical (unpaired) electrons. The van der Waals surface area contributed by atoms with Crippen molar-refractivity contribution in [3.8, 4) is 28.1 Å². The van der Waals surface area contributed by atoms with Crippen LogP contribution < -0.4 is 5.56 Å². The van der Waals surface area contributed by atoms with Crippen molar-refractivity contribution in [1.29, 1.82) is 0 Å². The molecule has 0 saturated carbocycles. The number of halogens is 5. The van der Waals surface area contributed by atoms with Crippen LogP contribution in [0.1, 0.15) is 34.5 Å². The number of aliphatic carboxylic acids is 1. The largest absolute Gasteiger partial charge is 0.490 e. The van der Waals surface area contributed by atoms with Crippen LogP contribution >= 0.6 is 23.2 Å². The summed E-state index contributed by atoms with van der Waals surface area (Å²) in [7, 11) is 0. The Morgan fingerprint density at radius 3 is 2.45 bits per heavy atom. The molecule has 0 bridgehead atoms. The van der Waals surface area contributed by atoms with Gasteiger partial charge in [-0.3, -0.25) is 4.79 Å². The number of nitrogens with one attached hydrogen (secondary N) is 1. The van der Waals surface area contributed by atoms with E-state index in [-0.39, 0.29) is 22.4 Å². The van der Waals surface area contributed by atoms with Crippen LogP contribution in [0, 0.1) is 0 Å². The maximum Gasteiger partial charge on any atom is 0.490 e. The molecule has 44 heavy (non-hydrogen) atoms. The number of rotatable bonds is 5. The first kappa shape index (κ1) is 30.4. The highest BCUT2D eigenvalue weighted by Gasteiger charge is 2.38. The van der Waals surface area contributed by atoms with Gasteiger partial charge >= 0.3 is 18.1 Å². The zero-order chi connectivity index (χ0) is 31.8. The van der Waals surface area contributed by atoms with Crippen molar-refractivity contribution in [2.45, 2.75) is 25.1 Å². The van der Waals surface area contributed by atoms with Crippen LogP contribution in [-0.2, 0) is 11.2 Å². The van der Waals surface area contributed by atoms with Crippen molar-refractivity contribution in [3.63, 3.8) is 0 Å². The quantitative estimate of drug-likeness (QED) is 0.246. The molecule has 4 aromatic heterocycles. The minimum Gasteiger partial charge on any atom is -0.477 e. The van der Waals surface area contributed by atoms with Crippen molar-refractivity contribution in [3.05, 3.63) is 92.7 Å². The Morgan fingerprint density at radius 1 is 1.05 bits per heavy atom. The molecule has 13 nitrogen and oxygen atoms in total. The number of imidazole rings is 1. The van der Waals surface area contributed by atoms with Gasteiger partial charge in [0.1, 0.15) is 28.7 Å². The van der Waals surface area contributed by atoms with E-state index < -0.39 is 18.1 Å². The number of aromatic carboxylic acids is 1. The number of benzene rings is 1. The van der Waals surface area contributed by atoms with Crippen molar-refractivity contribution in [2.24, 2.45) is 0 Å². The van der Waals surface area contributed by atoms with E-state index in [9.17, 15) is 27.9 Å². The van der Waals surface area contributed by atoms with E-state index in [1.54, 1.807) is 34.9 Å². The molecule has 0 saturated heterocycles. The molecule has 0 aliphatic carbocycles. The normalized spacial score (nSPS) is 14.1. The lowest BCUT2D eigenvalue weighted by Gasteiger charge is -2.15. The number of pyridine rings is 2. The van der Waals surface area contributed by atoms with E-state index in [2.05, 4.69) is 30.5 Å². The SMILES string of the molecule is O=C(O)C(F)(F)F.O=C(O)c1cc(-c2nc([C@@H]3CCc4cc(-c5cc(Cl)ccc5-n5cnnn5)cc(=O)n43)[nH]c2Cl)ccn1. The molecule has 1 atom stereocenters. The first-order valence-corrected chi connectivity index (χ1v) is 13.1. The zero-order valence-corrected chi connectivity index (χ0v) is 23.3. The van der Waals surface area contributed by atoms with Crippen LogP contribution in [0.4, 0.5) is 13.2 Å². The van der Waals surface area contributed by atoms with Gasteiger partial charge in [-0.05, 0) is 65.2 Å². The van der Waals surface area contributed by atoms with Crippen molar-refractivity contribution < 1.29 is 33.0 Å². The molecule has 0 fully saturated rings. The smallest absolute Gasteiger partial charge is 0.477 e. The van der Waals surface area contributed by atoms with E-state index in [1.807, 2.05) is 6.07 Å². The Kier molecular flexibility index (Phi) is 8.21. The Morgan fingerprint density at radius 2 is 1.80 bits per heavy atom. The topological polar surface area (TPSA) is 182 Å². The van der Waals surface area contributed by atoms with Gasteiger partial charge < -0.3 is 19.8 Å². The molecule has 18 heteroatoms. The van der Waals surface area contributed by atoms with Gasteiger partial charge in [0.05, 0.1) is 11.7 Å². The fourth-order valence-corrected chi connectivity index (χ4v) is 5.05. The maximum atomic E-state index is 13.4. The van der Waals surface area contributed by atoms with E-state index in [1.165, 1.54) is 23.3 Å². The highest BCUT2D eigenvalue weighted by molar-refractivity contribution is 6.32. The number of aromatic nitrogens is 8. The molecule has 1 aliphatic rings. The monoisotopic (exact) mass is 648 g/mol. The van der Waals surface area contributed by atoms with E-state index >= 15 is 0 Å². The summed E-state index contributed by atoms with van der Waals surface area (Å²) in [4.78, 5) is 45.1. The molecule has 6 rings (SSSR count). The molecular formula is C26H17Cl2F3N8O5. The van der Waals surface area contributed by atoms with Crippen molar-refractivity contribution in [2.75, 3.05) is 0 Å². The lowest BCUT2D eigenvalue weighted by Crippen LogP contribution is -2.24. The summed E-state index contributed by atoms with van der Waals surface area (Å²) in [6, 6.07) is 11.5. The summed E-state index contributed by atoms with van der Waals surface area (Å²) in [6.45, 7) is 0. The van der Waals surface area contributed by atoms with Gasteiger partial charge in [0.2, 0.25) is 0 Å². The number of aryl methyl sites for hydroxylation is 1. The van der Waals surface area contributed by atoms with Gasteiger partial charge in [-0.15, -0.1) is 5.10 Å². The Balaban J connectivity index is 0.000000493. The molecule has 226 valence electrons. The average Bonchev–Trinajstić information content (AvgIpc) is 3.73. The zero-order valence-electron chi connectivity index (χ0n) is 21.8. The van der Waals surface area contributed by atoms with Crippen LogP contribution in [0.3, 0.4) is 0 Å². The summed E-state index contributed by atoms with van der Waals surface area (Å²) in [5.74, 6) is -3.39. The molecule has 5 aromatic rings. The van der Waals surface area contributed by atoms with Gasteiger partial charge in [-0.25, -0.2) is 19.6 Å². The van der Waals surface area contributed by atoms with E-state index in [0.29, 0.717) is 46.2 Å². The Hall–Kier alpha value is -5.09. The van der Waals surface area contributed by atoms with Gasteiger partial charge in [-0.2, -0.15) is 17.9 Å². The second-order valence-corrected chi connectivity index (χ2v) is 10.1. The molecule has 0 spiro atoms. The highest BCUT2D eigenvalue weighted by atomic mass is 35.5. The first-order chi connectivity index (χ1) is 20.8. The number of H-pyrrole nitrogens is 1. The number of hydrogen-bond acceptors (Lipinski definition) is 8. The molecule has 3 N–H and O–H groups in total. The lowest BCUT2D eigenvalue weighted by atomic mass is 10.0. The maximum absolute atomic E-state index is 13.4. The number of carboxylic acids is 2. The summed E-state index contributed by atoms with van der Waals surface area (Å²) >= 11 is 12.7. The van der Waals surface area contributed by atoms with Crippen LogP contribution in [0.25, 0.3) is 28.1 Å². The summed E-state index contributed by atoms with van der Waals surface area (Å²) in [5.41, 5.74) is 3.52. The highest BCUT2D eigenvalue weighted by Crippen LogP contribution is 2.36. The number of fused-ring (bicyclic) bond motifs is 1. The molecule has 1 aliphatic heterocycles. The van der Waals surface area contributed by atoms with Crippen LogP contribution in [0.15, 0.2) is 59.8 Å². The first-order valence-electron chi connectivity index (χ1n) is 12.4. The number of alkyl halides is 3. The van der Waals surface area contributed by atoms with Crippen molar-refractivity contribution in [1.82, 2.24) is 39.7 Å². The summed E-state index contributed by atoms with van der Waals surface area (Å²) in [6.07, 6.45) is -0.946. The number of nitrogens with zero attached hydrogens (tertiary/aromatic N) is 7. The molecule has 1 aromatic carbocycles. The number of aromatic amines is 1. The number of tetrazole rings is 1. The standard InChI is InChI=1S/C24H16Cl2N8O3.C2HF3O2/c25-14-1-3-18(33-11-28-31-32-33)16(10-14)13-7-15-2-4-19(34(15)20(35)9-13)23-29-21(22(26)30-23)12-5-6-27-17(8-12)24(36)37;3-2(4,5)1(6)7/h1,3,5-11,19H,2,4H2,(H,29,30)(H,36,37);(H,6,7)/t19-;/m0./s1. The predicted octanol–water partition coefficient (Wildman–Crippen LogP) is 4.45. The number of hydrogen-bond donors (Lipinski definition) is 3. The third kappa shape index (κ3) is 6.16. The van der Waals surface area contributed by atoms with Gasteiger partial charge in [-0.1, -0.05) is 23.2 Å². The van der Waals surface area contributed by atoms with E-state index in [4.69, 9.17) is 33.1 Å². The Bertz CT molecular complexity index is 1940. The van der Waals surface area contributed by atoms with Crippen molar-refractivity contribution >= 4 is 35.1 Å². The Labute approximate surface area is 253 Å². The number of carbonyl (C=O) groups is 2. The molecule has 0 unspecified atom stereocenters. The van der Waals surface area contributed by atoms with Gasteiger partial charge in [0.25, 0.3) is 5.56 Å². The minimum atomic E-state index is -5.08. The second kappa shape index (κ2) is 11.9. The third-order valence-electron chi connectivity index (χ3n) is 6.49.